The summed E-state index contributed by atoms with van der Waals surface area (Å²) in [6, 6.07) is 10.3. The molecule has 29 heavy (non-hydrogen) atoms. The molecular formula is C22H27N3O4. The molecule has 154 valence electrons. The van der Waals surface area contributed by atoms with E-state index in [1.165, 1.54) is 18.0 Å². The Morgan fingerprint density at radius 1 is 1.00 bits per heavy atom. The molecule has 0 atom stereocenters. The summed E-state index contributed by atoms with van der Waals surface area (Å²) in [6.45, 7) is 5.50. The molecular weight excluding hydrogens is 370 g/mol. The molecule has 0 radical (unpaired) electrons. The lowest BCUT2D eigenvalue weighted by molar-refractivity contribution is 0.0525. The molecule has 1 saturated heterocycles. The van der Waals surface area contributed by atoms with Crippen LogP contribution in [0.4, 0.5) is 4.79 Å². The summed E-state index contributed by atoms with van der Waals surface area (Å²) in [5, 5.41) is 0. The van der Waals surface area contributed by atoms with Gasteiger partial charge in [0.25, 0.3) is 0 Å². The van der Waals surface area contributed by atoms with Crippen molar-refractivity contribution in [3.05, 3.63) is 59.7 Å². The summed E-state index contributed by atoms with van der Waals surface area (Å²) in [5.41, 5.74) is 1.39. The zero-order chi connectivity index (χ0) is 20.7. The number of carbonyl (C=O) groups is 2. The first-order valence-corrected chi connectivity index (χ1v) is 10.0. The number of amides is 1. The van der Waals surface area contributed by atoms with Gasteiger partial charge in [0.1, 0.15) is 5.82 Å². The fourth-order valence-corrected chi connectivity index (χ4v) is 3.76. The molecule has 1 aliphatic heterocycles. The van der Waals surface area contributed by atoms with Crippen LogP contribution in [-0.4, -0.2) is 53.2 Å². The van der Waals surface area contributed by atoms with Gasteiger partial charge in [0, 0.05) is 37.3 Å². The maximum absolute atomic E-state index is 12.1. The van der Waals surface area contributed by atoms with Gasteiger partial charge in [-0.25, -0.2) is 19.6 Å². The Labute approximate surface area is 171 Å². The number of hydrogen-bond donors (Lipinski definition) is 0. The van der Waals surface area contributed by atoms with Crippen molar-refractivity contribution in [2.24, 2.45) is 0 Å². The topological polar surface area (TPSA) is 81.6 Å². The maximum Gasteiger partial charge on any atom is 0.409 e. The molecule has 7 nitrogen and oxygen atoms in total. The Morgan fingerprint density at radius 3 is 2.21 bits per heavy atom. The van der Waals surface area contributed by atoms with E-state index in [0.29, 0.717) is 44.1 Å². The highest BCUT2D eigenvalue weighted by atomic mass is 16.6. The van der Waals surface area contributed by atoms with Gasteiger partial charge in [0.05, 0.1) is 18.8 Å². The molecule has 1 fully saturated rings. The van der Waals surface area contributed by atoms with Gasteiger partial charge >= 0.3 is 12.1 Å². The van der Waals surface area contributed by atoms with Gasteiger partial charge < -0.3 is 14.4 Å². The molecule has 0 spiro atoms. The Balaban J connectivity index is 1.79. The molecule has 0 saturated carbocycles. The molecule has 1 amide bonds. The van der Waals surface area contributed by atoms with E-state index >= 15 is 0 Å². The number of nitrogens with zero attached hydrogens (tertiary/aromatic N) is 3. The fourth-order valence-electron chi connectivity index (χ4n) is 3.76. The minimum Gasteiger partial charge on any atom is -0.462 e. The zero-order valence-corrected chi connectivity index (χ0v) is 17.0. The fraction of sp³-hybridized carbons (Fsp3) is 0.455. The van der Waals surface area contributed by atoms with Gasteiger partial charge in [-0.15, -0.1) is 0 Å². The van der Waals surface area contributed by atoms with Crippen molar-refractivity contribution < 1.29 is 19.1 Å². The minimum atomic E-state index is -0.417. The summed E-state index contributed by atoms with van der Waals surface area (Å²) in [7, 11) is 0. The third-order valence-electron chi connectivity index (χ3n) is 5.35. The van der Waals surface area contributed by atoms with Crippen molar-refractivity contribution in [1.29, 1.82) is 0 Å². The van der Waals surface area contributed by atoms with Crippen LogP contribution in [0, 0.1) is 0 Å². The summed E-state index contributed by atoms with van der Waals surface area (Å²) < 4.78 is 10.1. The van der Waals surface area contributed by atoms with Gasteiger partial charge in [-0.1, -0.05) is 30.3 Å². The van der Waals surface area contributed by atoms with Crippen LogP contribution in [0.2, 0.25) is 0 Å². The third-order valence-corrected chi connectivity index (χ3v) is 5.35. The highest BCUT2D eigenvalue weighted by Gasteiger charge is 2.38. The Morgan fingerprint density at radius 2 is 1.62 bits per heavy atom. The average molecular weight is 397 g/mol. The molecule has 0 N–H and O–H groups in total. The third kappa shape index (κ3) is 4.91. The largest absolute Gasteiger partial charge is 0.462 e. The van der Waals surface area contributed by atoms with E-state index in [4.69, 9.17) is 9.47 Å². The highest BCUT2D eigenvalue weighted by Crippen LogP contribution is 2.38. The van der Waals surface area contributed by atoms with E-state index in [1.54, 1.807) is 11.8 Å². The highest BCUT2D eigenvalue weighted by molar-refractivity contribution is 5.88. The van der Waals surface area contributed by atoms with E-state index in [9.17, 15) is 9.59 Å². The number of hydrogen-bond acceptors (Lipinski definition) is 6. The number of piperidine rings is 1. The smallest absolute Gasteiger partial charge is 0.409 e. The lowest BCUT2D eigenvalue weighted by Crippen LogP contribution is -2.46. The molecule has 1 aromatic carbocycles. The van der Waals surface area contributed by atoms with Crippen molar-refractivity contribution in [3.63, 3.8) is 0 Å². The molecule has 3 rings (SSSR count). The predicted molar refractivity (Wildman–Crippen MR) is 108 cm³/mol. The average Bonchev–Trinajstić information content (AvgIpc) is 2.76. The standard InChI is InChI=1S/C22H27N3O4/c1-3-28-20(26)17-15-23-19(24-16-17)14-22(18-8-6-5-7-9-18)10-12-25(13-11-22)21(27)29-4-2/h5-9,15-16H,3-4,10-14H2,1-2H3. The molecule has 1 aromatic heterocycles. The van der Waals surface area contributed by atoms with Crippen LogP contribution < -0.4 is 0 Å². The lowest BCUT2D eigenvalue weighted by atomic mass is 9.70. The number of carbonyl (C=O) groups excluding carboxylic acids is 2. The molecule has 7 heteroatoms. The quantitative estimate of drug-likeness (QED) is 0.695. The van der Waals surface area contributed by atoms with Gasteiger partial charge in [-0.05, 0) is 32.3 Å². The second-order valence-electron chi connectivity index (χ2n) is 7.12. The van der Waals surface area contributed by atoms with Crippen LogP contribution in [-0.2, 0) is 21.3 Å². The van der Waals surface area contributed by atoms with E-state index in [2.05, 4.69) is 22.1 Å². The Kier molecular flexibility index (Phi) is 6.80. The molecule has 0 aliphatic carbocycles. The first kappa shape index (κ1) is 20.8. The zero-order valence-electron chi connectivity index (χ0n) is 17.0. The number of ether oxygens (including phenoxy) is 2. The number of likely N-dealkylation sites (tertiary alicyclic amines) is 1. The maximum atomic E-state index is 12.1. The lowest BCUT2D eigenvalue weighted by Gasteiger charge is -2.41. The van der Waals surface area contributed by atoms with E-state index < -0.39 is 5.97 Å². The van der Waals surface area contributed by atoms with Crippen LogP contribution in [0.1, 0.15) is 48.4 Å². The van der Waals surface area contributed by atoms with Crippen molar-refractivity contribution in [1.82, 2.24) is 14.9 Å². The summed E-state index contributed by atoms with van der Waals surface area (Å²) in [4.78, 5) is 34.5. The van der Waals surface area contributed by atoms with Crippen LogP contribution in [0.3, 0.4) is 0 Å². The Hall–Kier alpha value is -2.96. The van der Waals surface area contributed by atoms with Crippen molar-refractivity contribution >= 4 is 12.1 Å². The molecule has 0 unspecified atom stereocenters. The van der Waals surface area contributed by atoms with Crippen LogP contribution >= 0.6 is 0 Å². The van der Waals surface area contributed by atoms with Gasteiger partial charge in [-0.2, -0.15) is 0 Å². The number of aromatic nitrogens is 2. The first-order valence-electron chi connectivity index (χ1n) is 10.0. The van der Waals surface area contributed by atoms with Gasteiger partial charge in [0.15, 0.2) is 0 Å². The number of benzene rings is 1. The van der Waals surface area contributed by atoms with Crippen molar-refractivity contribution in [3.8, 4) is 0 Å². The summed E-state index contributed by atoms with van der Waals surface area (Å²) in [5.74, 6) is 0.256. The van der Waals surface area contributed by atoms with Crippen molar-refractivity contribution in [2.45, 2.75) is 38.5 Å². The monoisotopic (exact) mass is 397 g/mol. The SMILES string of the molecule is CCOC(=O)c1cnc(CC2(c3ccccc3)CCN(C(=O)OCC)CC2)nc1. The van der Waals surface area contributed by atoms with Crippen LogP contribution in [0.25, 0.3) is 0 Å². The van der Waals surface area contributed by atoms with Gasteiger partial charge in [-0.3, -0.25) is 0 Å². The van der Waals surface area contributed by atoms with E-state index in [1.807, 2.05) is 25.1 Å². The molecule has 2 aromatic rings. The van der Waals surface area contributed by atoms with Crippen LogP contribution in [0.5, 0.6) is 0 Å². The molecule has 1 aliphatic rings. The van der Waals surface area contributed by atoms with Gasteiger partial charge in [0.2, 0.25) is 0 Å². The normalized spacial score (nSPS) is 15.6. The second kappa shape index (κ2) is 9.49. The second-order valence-corrected chi connectivity index (χ2v) is 7.12. The van der Waals surface area contributed by atoms with Crippen LogP contribution in [0.15, 0.2) is 42.7 Å². The molecule has 2 heterocycles. The molecule has 0 bridgehead atoms. The van der Waals surface area contributed by atoms with Crippen molar-refractivity contribution in [2.75, 3.05) is 26.3 Å². The number of rotatable bonds is 6. The van der Waals surface area contributed by atoms with E-state index in [0.717, 1.165) is 12.8 Å². The number of esters is 1. The minimum absolute atomic E-state index is 0.171. The summed E-state index contributed by atoms with van der Waals surface area (Å²) >= 11 is 0. The van der Waals surface area contributed by atoms with E-state index in [-0.39, 0.29) is 11.5 Å². The predicted octanol–water partition coefficient (Wildman–Crippen LogP) is 3.39. The Bertz CT molecular complexity index is 816. The first-order chi connectivity index (χ1) is 14.1. The summed E-state index contributed by atoms with van der Waals surface area (Å²) in [6.07, 6.45) is 5.00.